The Labute approximate surface area is 115 Å². The van der Waals surface area contributed by atoms with E-state index in [-0.39, 0.29) is 11.5 Å². The standard InChI is InChI=1S/C17H24O2/c18-15(10-9-14-7-3-1-4-8-14)16-11-5-2-6-12-17(16,19)13-16/h1,3-4,7-8,15,18-19H,2,5-6,9-13H2/t15-,16?,17-/m0/s1. The third kappa shape index (κ3) is 2.32. The topological polar surface area (TPSA) is 40.5 Å². The van der Waals surface area contributed by atoms with Crippen LogP contribution in [-0.2, 0) is 6.42 Å². The number of benzene rings is 1. The van der Waals surface area contributed by atoms with Gasteiger partial charge in [0.2, 0.25) is 0 Å². The summed E-state index contributed by atoms with van der Waals surface area (Å²) in [6.45, 7) is 0. The van der Waals surface area contributed by atoms with Crippen molar-refractivity contribution in [3.8, 4) is 0 Å². The molecule has 1 unspecified atom stereocenters. The molecule has 0 bridgehead atoms. The van der Waals surface area contributed by atoms with Gasteiger partial charge in [0.15, 0.2) is 0 Å². The fourth-order valence-corrected chi connectivity index (χ4v) is 3.99. The third-order valence-electron chi connectivity index (χ3n) is 5.31. The second-order valence-corrected chi connectivity index (χ2v) is 6.47. The first kappa shape index (κ1) is 13.1. The van der Waals surface area contributed by atoms with E-state index in [1.165, 1.54) is 12.0 Å². The van der Waals surface area contributed by atoms with Crippen LogP contribution in [0.1, 0.15) is 50.5 Å². The minimum absolute atomic E-state index is 0.182. The first-order chi connectivity index (χ1) is 9.16. The van der Waals surface area contributed by atoms with Gasteiger partial charge in [-0.15, -0.1) is 0 Å². The summed E-state index contributed by atoms with van der Waals surface area (Å²) in [5.74, 6) is 0. The predicted octanol–water partition coefficient (Wildman–Crippen LogP) is 3.07. The monoisotopic (exact) mass is 260 g/mol. The highest BCUT2D eigenvalue weighted by atomic mass is 16.3. The molecule has 2 N–H and O–H groups in total. The Morgan fingerprint density at radius 1 is 1.05 bits per heavy atom. The van der Waals surface area contributed by atoms with Crippen molar-refractivity contribution in [3.05, 3.63) is 35.9 Å². The zero-order valence-corrected chi connectivity index (χ0v) is 11.5. The van der Waals surface area contributed by atoms with Crippen LogP contribution in [0, 0.1) is 5.41 Å². The summed E-state index contributed by atoms with van der Waals surface area (Å²) in [5, 5.41) is 21.2. The predicted molar refractivity (Wildman–Crippen MR) is 75.9 cm³/mol. The number of aliphatic hydroxyl groups excluding tert-OH is 1. The third-order valence-corrected chi connectivity index (χ3v) is 5.31. The molecule has 2 nitrogen and oxygen atoms in total. The van der Waals surface area contributed by atoms with Gasteiger partial charge in [-0.2, -0.15) is 0 Å². The molecule has 0 saturated heterocycles. The fourth-order valence-electron chi connectivity index (χ4n) is 3.99. The molecule has 0 heterocycles. The van der Waals surface area contributed by atoms with Gasteiger partial charge < -0.3 is 10.2 Å². The van der Waals surface area contributed by atoms with Crippen molar-refractivity contribution in [1.29, 1.82) is 0 Å². The second kappa shape index (κ2) is 4.92. The van der Waals surface area contributed by atoms with Gasteiger partial charge in [0, 0.05) is 5.41 Å². The van der Waals surface area contributed by atoms with Crippen LogP contribution in [0.25, 0.3) is 0 Å². The van der Waals surface area contributed by atoms with Crippen LogP contribution in [0.2, 0.25) is 0 Å². The van der Waals surface area contributed by atoms with Crippen LogP contribution in [0.15, 0.2) is 30.3 Å². The van der Waals surface area contributed by atoms with Gasteiger partial charge in [0.1, 0.15) is 0 Å². The molecular weight excluding hydrogens is 236 g/mol. The van der Waals surface area contributed by atoms with Crippen molar-refractivity contribution in [2.24, 2.45) is 5.41 Å². The molecule has 1 aromatic rings. The maximum absolute atomic E-state index is 10.6. The summed E-state index contributed by atoms with van der Waals surface area (Å²) >= 11 is 0. The van der Waals surface area contributed by atoms with E-state index in [2.05, 4.69) is 12.1 Å². The fraction of sp³-hybridized carbons (Fsp3) is 0.647. The normalized spacial score (nSPS) is 35.3. The van der Waals surface area contributed by atoms with Gasteiger partial charge in [-0.1, -0.05) is 49.6 Å². The number of rotatable bonds is 4. The second-order valence-electron chi connectivity index (χ2n) is 6.47. The number of fused-ring (bicyclic) bond motifs is 1. The van der Waals surface area contributed by atoms with Gasteiger partial charge in [-0.3, -0.25) is 0 Å². The molecule has 104 valence electrons. The van der Waals surface area contributed by atoms with Crippen LogP contribution < -0.4 is 0 Å². The molecule has 3 atom stereocenters. The van der Waals surface area contributed by atoms with Crippen molar-refractivity contribution < 1.29 is 10.2 Å². The highest BCUT2D eigenvalue weighted by Crippen LogP contribution is 2.65. The van der Waals surface area contributed by atoms with Crippen molar-refractivity contribution in [2.75, 3.05) is 0 Å². The summed E-state index contributed by atoms with van der Waals surface area (Å²) in [5.41, 5.74) is 0.536. The molecular formula is C17H24O2. The molecule has 0 aromatic heterocycles. The van der Waals surface area contributed by atoms with E-state index < -0.39 is 5.60 Å². The minimum atomic E-state index is -0.556. The van der Waals surface area contributed by atoms with E-state index in [1.54, 1.807) is 0 Å². The lowest BCUT2D eigenvalue weighted by Gasteiger charge is -2.25. The Hall–Kier alpha value is -0.860. The Kier molecular flexibility index (Phi) is 3.40. The van der Waals surface area contributed by atoms with Crippen molar-refractivity contribution in [3.63, 3.8) is 0 Å². The molecule has 1 aromatic carbocycles. The van der Waals surface area contributed by atoms with Crippen LogP contribution in [0.4, 0.5) is 0 Å². The maximum Gasteiger partial charge on any atom is 0.0736 e. The lowest BCUT2D eigenvalue weighted by Crippen LogP contribution is -2.31. The highest BCUT2D eigenvalue weighted by molar-refractivity contribution is 5.21. The smallest absolute Gasteiger partial charge is 0.0736 e. The van der Waals surface area contributed by atoms with Gasteiger partial charge in [-0.25, -0.2) is 0 Å². The van der Waals surface area contributed by atoms with Crippen LogP contribution >= 0.6 is 0 Å². The largest absolute Gasteiger partial charge is 0.392 e. The molecule has 3 rings (SSSR count). The molecule has 0 aliphatic heterocycles. The van der Waals surface area contributed by atoms with E-state index in [1.807, 2.05) is 18.2 Å². The van der Waals surface area contributed by atoms with Crippen LogP contribution in [0.5, 0.6) is 0 Å². The van der Waals surface area contributed by atoms with Crippen LogP contribution in [0.3, 0.4) is 0 Å². The van der Waals surface area contributed by atoms with E-state index in [9.17, 15) is 10.2 Å². The molecule has 0 amide bonds. The Morgan fingerprint density at radius 2 is 1.79 bits per heavy atom. The highest BCUT2D eigenvalue weighted by Gasteiger charge is 2.69. The van der Waals surface area contributed by atoms with Crippen molar-refractivity contribution in [1.82, 2.24) is 0 Å². The number of hydrogen-bond donors (Lipinski definition) is 2. The quantitative estimate of drug-likeness (QED) is 0.873. The van der Waals surface area contributed by atoms with E-state index in [0.29, 0.717) is 0 Å². The molecule has 2 heteroatoms. The maximum atomic E-state index is 10.6. The molecule has 0 spiro atoms. The first-order valence-corrected chi connectivity index (χ1v) is 7.61. The number of aliphatic hydroxyl groups is 2. The first-order valence-electron chi connectivity index (χ1n) is 7.61. The molecule has 2 aliphatic rings. The van der Waals surface area contributed by atoms with Gasteiger partial charge in [0.05, 0.1) is 11.7 Å². The average molecular weight is 260 g/mol. The van der Waals surface area contributed by atoms with Crippen molar-refractivity contribution in [2.45, 2.75) is 63.1 Å². The van der Waals surface area contributed by atoms with E-state index >= 15 is 0 Å². The molecule has 0 radical (unpaired) electrons. The van der Waals surface area contributed by atoms with Crippen molar-refractivity contribution >= 4 is 0 Å². The summed E-state index contributed by atoms with van der Waals surface area (Å²) in [6.07, 6.45) is 7.50. The Morgan fingerprint density at radius 3 is 2.58 bits per heavy atom. The van der Waals surface area contributed by atoms with Gasteiger partial charge in [-0.05, 0) is 37.7 Å². The van der Waals surface area contributed by atoms with E-state index in [0.717, 1.165) is 44.9 Å². The van der Waals surface area contributed by atoms with E-state index in [4.69, 9.17) is 0 Å². The summed E-state index contributed by atoms with van der Waals surface area (Å²) < 4.78 is 0. The van der Waals surface area contributed by atoms with Crippen LogP contribution in [-0.4, -0.2) is 21.9 Å². The summed E-state index contributed by atoms with van der Waals surface area (Å²) in [7, 11) is 0. The van der Waals surface area contributed by atoms with Gasteiger partial charge >= 0.3 is 0 Å². The Bertz CT molecular complexity index is 430. The van der Waals surface area contributed by atoms with Gasteiger partial charge in [0.25, 0.3) is 0 Å². The number of hydrogen-bond acceptors (Lipinski definition) is 2. The minimum Gasteiger partial charge on any atom is -0.392 e. The summed E-state index contributed by atoms with van der Waals surface area (Å²) in [6, 6.07) is 10.3. The number of aryl methyl sites for hydroxylation is 1. The molecule has 2 aliphatic carbocycles. The summed E-state index contributed by atoms with van der Waals surface area (Å²) in [4.78, 5) is 0. The zero-order valence-electron chi connectivity index (χ0n) is 11.5. The Balaban J connectivity index is 1.63. The molecule has 2 fully saturated rings. The lowest BCUT2D eigenvalue weighted by atomic mass is 9.86. The average Bonchev–Trinajstić information content (AvgIpc) is 3.05. The lowest BCUT2D eigenvalue weighted by molar-refractivity contribution is 0.00488. The molecule has 2 saturated carbocycles. The molecule has 19 heavy (non-hydrogen) atoms. The zero-order chi connectivity index (χ0) is 13.3. The SMILES string of the molecule is O[C@@H](CCc1ccccc1)C12CCCCC[C@]1(O)C2.